The standard InChI is InChI=1S/C20H23N3O2/c1-13(2)19-21-17-7-8-23(11-16(17)20(24)22-19)10-14-9-15-5-3-4-6-18(15)25-12-14/h3-6,9,13H,7-8,10-12H2,1-2H3,(H,21,22,24). The lowest BCUT2D eigenvalue weighted by Crippen LogP contribution is -2.38. The molecule has 2 aliphatic rings. The van der Waals surface area contributed by atoms with Crippen LogP contribution in [0.15, 0.2) is 34.6 Å². The molecule has 5 nitrogen and oxygen atoms in total. The van der Waals surface area contributed by atoms with Gasteiger partial charge in [0.25, 0.3) is 5.56 Å². The van der Waals surface area contributed by atoms with Gasteiger partial charge in [-0.25, -0.2) is 4.98 Å². The second kappa shape index (κ2) is 6.48. The Morgan fingerprint density at radius 2 is 2.16 bits per heavy atom. The normalized spacial score (nSPS) is 16.8. The molecule has 0 saturated heterocycles. The van der Waals surface area contributed by atoms with Crippen LogP contribution in [-0.2, 0) is 13.0 Å². The molecule has 0 amide bonds. The van der Waals surface area contributed by atoms with Crippen molar-refractivity contribution in [1.82, 2.24) is 14.9 Å². The van der Waals surface area contributed by atoms with Gasteiger partial charge >= 0.3 is 0 Å². The van der Waals surface area contributed by atoms with Crippen molar-refractivity contribution in [1.29, 1.82) is 0 Å². The fraction of sp³-hybridized carbons (Fsp3) is 0.400. The molecule has 1 aromatic carbocycles. The lowest BCUT2D eigenvalue weighted by molar-refractivity contribution is 0.253. The van der Waals surface area contributed by atoms with Crippen molar-refractivity contribution >= 4 is 6.08 Å². The molecule has 0 saturated carbocycles. The van der Waals surface area contributed by atoms with Crippen molar-refractivity contribution in [2.24, 2.45) is 0 Å². The first-order valence-corrected chi connectivity index (χ1v) is 8.86. The van der Waals surface area contributed by atoms with Gasteiger partial charge in [0.05, 0.1) is 11.3 Å². The largest absolute Gasteiger partial charge is 0.489 e. The zero-order valence-electron chi connectivity index (χ0n) is 14.7. The Labute approximate surface area is 147 Å². The van der Waals surface area contributed by atoms with Crippen LogP contribution >= 0.6 is 0 Å². The molecule has 0 fully saturated rings. The minimum Gasteiger partial charge on any atom is -0.489 e. The van der Waals surface area contributed by atoms with Crippen LogP contribution in [-0.4, -0.2) is 34.6 Å². The van der Waals surface area contributed by atoms with Gasteiger partial charge in [-0.3, -0.25) is 9.69 Å². The van der Waals surface area contributed by atoms with Gasteiger partial charge in [-0.05, 0) is 17.7 Å². The molecule has 5 heteroatoms. The van der Waals surface area contributed by atoms with Gasteiger partial charge < -0.3 is 9.72 Å². The molecule has 4 rings (SSSR count). The summed E-state index contributed by atoms with van der Waals surface area (Å²) in [4.78, 5) is 22.3. The number of nitrogens with zero attached hydrogens (tertiary/aromatic N) is 2. The number of ether oxygens (including phenoxy) is 1. The average Bonchev–Trinajstić information content (AvgIpc) is 2.62. The number of para-hydroxylation sites is 1. The summed E-state index contributed by atoms with van der Waals surface area (Å²) in [6, 6.07) is 8.08. The molecule has 0 radical (unpaired) electrons. The molecule has 130 valence electrons. The molecule has 1 N–H and O–H groups in total. The molecule has 2 aliphatic heterocycles. The van der Waals surface area contributed by atoms with Gasteiger partial charge in [0.2, 0.25) is 0 Å². The van der Waals surface area contributed by atoms with Crippen LogP contribution < -0.4 is 10.3 Å². The molecule has 25 heavy (non-hydrogen) atoms. The van der Waals surface area contributed by atoms with Crippen molar-refractivity contribution < 1.29 is 4.74 Å². The van der Waals surface area contributed by atoms with Crippen molar-refractivity contribution in [3.8, 4) is 5.75 Å². The van der Waals surface area contributed by atoms with Gasteiger partial charge in [-0.2, -0.15) is 0 Å². The summed E-state index contributed by atoms with van der Waals surface area (Å²) in [5.74, 6) is 1.97. The first kappa shape index (κ1) is 16.1. The SMILES string of the molecule is CC(C)c1nc2c(c(=O)[nH]1)CN(CC1=Cc3ccccc3OC1)CC2. The summed E-state index contributed by atoms with van der Waals surface area (Å²) in [6.07, 6.45) is 3.03. The summed E-state index contributed by atoms with van der Waals surface area (Å²) < 4.78 is 5.84. The number of aromatic amines is 1. The monoisotopic (exact) mass is 337 g/mol. The fourth-order valence-electron chi connectivity index (χ4n) is 3.45. The van der Waals surface area contributed by atoms with E-state index in [0.717, 1.165) is 47.9 Å². The number of aromatic nitrogens is 2. The highest BCUT2D eigenvalue weighted by molar-refractivity contribution is 5.62. The number of hydrogen-bond donors (Lipinski definition) is 1. The van der Waals surface area contributed by atoms with Gasteiger partial charge in [0.15, 0.2) is 0 Å². The van der Waals surface area contributed by atoms with Crippen LogP contribution in [0.1, 0.15) is 42.4 Å². The number of rotatable bonds is 3. The first-order valence-electron chi connectivity index (χ1n) is 8.86. The number of H-pyrrole nitrogens is 1. The maximum absolute atomic E-state index is 12.4. The van der Waals surface area contributed by atoms with Crippen LogP contribution in [0.25, 0.3) is 6.08 Å². The summed E-state index contributed by atoms with van der Waals surface area (Å²) >= 11 is 0. The van der Waals surface area contributed by atoms with E-state index >= 15 is 0 Å². The molecule has 0 spiro atoms. The maximum atomic E-state index is 12.4. The molecular formula is C20H23N3O2. The number of benzene rings is 1. The summed E-state index contributed by atoms with van der Waals surface area (Å²) in [5, 5.41) is 0. The highest BCUT2D eigenvalue weighted by atomic mass is 16.5. The summed E-state index contributed by atoms with van der Waals surface area (Å²) in [6.45, 7) is 7.09. The molecule has 2 aromatic rings. The molecule has 0 aliphatic carbocycles. The van der Waals surface area contributed by atoms with Crippen molar-refractivity contribution in [2.75, 3.05) is 19.7 Å². The fourth-order valence-corrected chi connectivity index (χ4v) is 3.45. The van der Waals surface area contributed by atoms with Crippen LogP contribution in [0.2, 0.25) is 0 Å². The minimum atomic E-state index is 0.0117. The Hall–Kier alpha value is -2.40. The Morgan fingerprint density at radius 3 is 3.00 bits per heavy atom. The van der Waals surface area contributed by atoms with Gasteiger partial charge in [0, 0.05) is 37.5 Å². The number of nitrogens with one attached hydrogen (secondary N) is 1. The Balaban J connectivity index is 1.52. The lowest BCUT2D eigenvalue weighted by atomic mass is 10.0. The van der Waals surface area contributed by atoms with Gasteiger partial charge in [0.1, 0.15) is 18.2 Å². The Kier molecular flexibility index (Phi) is 4.17. The Bertz CT molecular complexity index is 883. The highest BCUT2D eigenvalue weighted by Crippen LogP contribution is 2.26. The third-order valence-electron chi connectivity index (χ3n) is 4.83. The van der Waals surface area contributed by atoms with Crippen molar-refractivity contribution in [3.05, 3.63) is 62.8 Å². The highest BCUT2D eigenvalue weighted by Gasteiger charge is 2.23. The second-order valence-corrected chi connectivity index (χ2v) is 7.12. The minimum absolute atomic E-state index is 0.0117. The number of fused-ring (bicyclic) bond motifs is 2. The first-order chi connectivity index (χ1) is 12.1. The topological polar surface area (TPSA) is 58.2 Å². The molecule has 1 aromatic heterocycles. The van der Waals surface area contributed by atoms with E-state index in [0.29, 0.717) is 13.2 Å². The number of hydrogen-bond acceptors (Lipinski definition) is 4. The van der Waals surface area contributed by atoms with Crippen molar-refractivity contribution in [2.45, 2.75) is 32.7 Å². The third-order valence-corrected chi connectivity index (χ3v) is 4.83. The zero-order chi connectivity index (χ0) is 17.4. The van der Waals surface area contributed by atoms with Crippen LogP contribution in [0.4, 0.5) is 0 Å². The van der Waals surface area contributed by atoms with Crippen LogP contribution in [0.3, 0.4) is 0 Å². The van der Waals surface area contributed by atoms with E-state index in [1.165, 1.54) is 5.57 Å². The molecule has 0 atom stereocenters. The van der Waals surface area contributed by atoms with Gasteiger partial charge in [-0.1, -0.05) is 32.0 Å². The Morgan fingerprint density at radius 1 is 1.32 bits per heavy atom. The predicted molar refractivity (Wildman–Crippen MR) is 97.8 cm³/mol. The maximum Gasteiger partial charge on any atom is 0.255 e. The van der Waals surface area contributed by atoms with E-state index in [1.54, 1.807) is 0 Å². The second-order valence-electron chi connectivity index (χ2n) is 7.12. The zero-order valence-corrected chi connectivity index (χ0v) is 14.7. The third kappa shape index (κ3) is 3.24. The summed E-state index contributed by atoms with van der Waals surface area (Å²) in [7, 11) is 0. The van der Waals surface area contributed by atoms with E-state index in [2.05, 4.69) is 27.0 Å². The van der Waals surface area contributed by atoms with Crippen LogP contribution in [0.5, 0.6) is 5.75 Å². The van der Waals surface area contributed by atoms with E-state index in [9.17, 15) is 4.79 Å². The van der Waals surface area contributed by atoms with Gasteiger partial charge in [-0.15, -0.1) is 0 Å². The van der Waals surface area contributed by atoms with Crippen LogP contribution in [0, 0.1) is 0 Å². The molecule has 0 bridgehead atoms. The molecular weight excluding hydrogens is 314 g/mol. The molecule has 0 unspecified atom stereocenters. The summed E-state index contributed by atoms with van der Waals surface area (Å²) in [5.41, 5.74) is 4.15. The van der Waals surface area contributed by atoms with E-state index in [-0.39, 0.29) is 11.5 Å². The lowest BCUT2D eigenvalue weighted by Gasteiger charge is -2.29. The van der Waals surface area contributed by atoms with E-state index < -0.39 is 0 Å². The predicted octanol–water partition coefficient (Wildman–Crippen LogP) is 2.73. The average molecular weight is 337 g/mol. The van der Waals surface area contributed by atoms with Crippen molar-refractivity contribution in [3.63, 3.8) is 0 Å². The van der Waals surface area contributed by atoms with E-state index in [4.69, 9.17) is 4.74 Å². The van der Waals surface area contributed by atoms with E-state index in [1.807, 2.05) is 32.0 Å². The molecule has 3 heterocycles. The smallest absolute Gasteiger partial charge is 0.255 e. The quantitative estimate of drug-likeness (QED) is 0.936.